The van der Waals surface area contributed by atoms with E-state index in [9.17, 15) is 9.90 Å². The first kappa shape index (κ1) is 18.5. The van der Waals surface area contributed by atoms with E-state index in [1.54, 1.807) is 23.5 Å². The third-order valence-electron chi connectivity index (χ3n) is 4.86. The Morgan fingerprint density at radius 2 is 1.93 bits per heavy atom. The Balaban J connectivity index is 1.67. The summed E-state index contributed by atoms with van der Waals surface area (Å²) in [5, 5.41) is 16.1. The molecule has 2 aromatic heterocycles. The van der Waals surface area contributed by atoms with Crippen LogP contribution in [0.3, 0.4) is 0 Å². The van der Waals surface area contributed by atoms with Crippen molar-refractivity contribution in [3.8, 4) is 5.75 Å². The van der Waals surface area contributed by atoms with Gasteiger partial charge in [-0.1, -0.05) is 37.3 Å². The molecule has 2 aromatic carbocycles. The average molecular weight is 391 g/mol. The highest BCUT2D eigenvalue weighted by atomic mass is 32.1. The molecule has 4 nitrogen and oxygen atoms in total. The minimum atomic E-state index is -0.421. The summed E-state index contributed by atoms with van der Waals surface area (Å²) in [6, 6.07) is 19.2. The number of aryl methyl sites for hydroxylation is 1. The van der Waals surface area contributed by atoms with Crippen LogP contribution in [0, 0.1) is 0 Å². The quantitative estimate of drug-likeness (QED) is 0.454. The Bertz CT molecular complexity index is 1130. The fraction of sp³-hybridized carbons (Fsp3) is 0.174. The smallest absolute Gasteiger partial charge is 0.336 e. The molecule has 0 spiro atoms. The van der Waals surface area contributed by atoms with E-state index in [1.807, 2.05) is 6.07 Å². The number of aromatic hydroxyl groups is 1. The standard InChI is InChI=1S/C23H21NO3S/c1-2-15-5-7-16(8-6-15)23(21-4-3-11-28-21)24-14-17-12-22(26)27-20-13-18(25)9-10-19(17)20/h3-13,23-25H,2,14H2,1H3/t23-/m1/s1. The number of hydrogen-bond donors (Lipinski definition) is 2. The maximum absolute atomic E-state index is 12.0. The monoisotopic (exact) mass is 391 g/mol. The molecule has 0 aliphatic carbocycles. The van der Waals surface area contributed by atoms with E-state index in [1.165, 1.54) is 28.1 Å². The molecule has 0 amide bonds. The van der Waals surface area contributed by atoms with Crippen LogP contribution in [0.25, 0.3) is 11.0 Å². The van der Waals surface area contributed by atoms with Crippen molar-refractivity contribution in [2.24, 2.45) is 0 Å². The van der Waals surface area contributed by atoms with Gasteiger partial charge in [-0.2, -0.15) is 0 Å². The van der Waals surface area contributed by atoms with Gasteiger partial charge >= 0.3 is 5.63 Å². The number of phenolic OH excluding ortho intramolecular Hbond substituents is 1. The maximum atomic E-state index is 12.0. The van der Waals surface area contributed by atoms with E-state index >= 15 is 0 Å². The molecule has 2 heterocycles. The van der Waals surface area contributed by atoms with Gasteiger partial charge in [-0.25, -0.2) is 4.79 Å². The van der Waals surface area contributed by atoms with Crippen molar-refractivity contribution in [2.75, 3.05) is 0 Å². The minimum Gasteiger partial charge on any atom is -0.508 e. The van der Waals surface area contributed by atoms with Gasteiger partial charge in [-0.3, -0.25) is 0 Å². The van der Waals surface area contributed by atoms with Crippen LogP contribution in [-0.2, 0) is 13.0 Å². The normalized spacial score (nSPS) is 12.3. The molecular weight excluding hydrogens is 370 g/mol. The van der Waals surface area contributed by atoms with Gasteiger partial charge in [0.2, 0.25) is 0 Å². The molecule has 142 valence electrons. The SMILES string of the molecule is CCc1ccc([C@@H](NCc2cc(=O)oc3cc(O)ccc23)c2cccs2)cc1. The van der Waals surface area contributed by atoms with Gasteiger partial charge in [0, 0.05) is 28.9 Å². The van der Waals surface area contributed by atoms with E-state index in [-0.39, 0.29) is 11.8 Å². The van der Waals surface area contributed by atoms with Crippen LogP contribution in [0.2, 0.25) is 0 Å². The molecule has 0 aliphatic heterocycles. The zero-order chi connectivity index (χ0) is 19.5. The first-order chi connectivity index (χ1) is 13.6. The molecule has 0 unspecified atom stereocenters. The maximum Gasteiger partial charge on any atom is 0.336 e. The second-order valence-electron chi connectivity index (χ2n) is 6.70. The van der Waals surface area contributed by atoms with Gasteiger partial charge in [-0.05, 0) is 46.7 Å². The lowest BCUT2D eigenvalue weighted by Gasteiger charge is -2.19. The average Bonchev–Trinajstić information content (AvgIpc) is 3.22. The van der Waals surface area contributed by atoms with Crippen molar-refractivity contribution in [1.29, 1.82) is 0 Å². The van der Waals surface area contributed by atoms with Gasteiger partial charge in [0.05, 0.1) is 6.04 Å². The molecule has 4 aromatic rings. The third-order valence-corrected chi connectivity index (χ3v) is 5.80. The van der Waals surface area contributed by atoms with Crippen LogP contribution in [0.15, 0.2) is 75.3 Å². The largest absolute Gasteiger partial charge is 0.508 e. The van der Waals surface area contributed by atoms with Gasteiger partial charge in [0.1, 0.15) is 11.3 Å². The van der Waals surface area contributed by atoms with Crippen molar-refractivity contribution in [1.82, 2.24) is 5.32 Å². The summed E-state index contributed by atoms with van der Waals surface area (Å²) >= 11 is 1.70. The summed E-state index contributed by atoms with van der Waals surface area (Å²) in [7, 11) is 0. The Morgan fingerprint density at radius 1 is 1.11 bits per heavy atom. The van der Waals surface area contributed by atoms with Crippen LogP contribution in [0.1, 0.15) is 34.5 Å². The second kappa shape index (κ2) is 8.00. The van der Waals surface area contributed by atoms with E-state index in [0.29, 0.717) is 12.1 Å². The van der Waals surface area contributed by atoms with Crippen molar-refractivity contribution in [2.45, 2.75) is 25.9 Å². The van der Waals surface area contributed by atoms with Crippen molar-refractivity contribution < 1.29 is 9.52 Å². The molecule has 0 saturated heterocycles. The highest BCUT2D eigenvalue weighted by Gasteiger charge is 2.16. The molecule has 0 fully saturated rings. The zero-order valence-electron chi connectivity index (χ0n) is 15.5. The lowest BCUT2D eigenvalue weighted by Crippen LogP contribution is -2.22. The number of benzene rings is 2. The van der Waals surface area contributed by atoms with Crippen molar-refractivity contribution in [3.05, 3.63) is 98.0 Å². The highest BCUT2D eigenvalue weighted by molar-refractivity contribution is 7.10. The van der Waals surface area contributed by atoms with E-state index in [4.69, 9.17) is 4.42 Å². The fourth-order valence-corrected chi connectivity index (χ4v) is 4.19. The minimum absolute atomic E-state index is 0.0327. The molecule has 28 heavy (non-hydrogen) atoms. The van der Waals surface area contributed by atoms with Crippen LogP contribution in [-0.4, -0.2) is 5.11 Å². The number of fused-ring (bicyclic) bond motifs is 1. The number of thiophene rings is 1. The Morgan fingerprint density at radius 3 is 2.64 bits per heavy atom. The van der Waals surface area contributed by atoms with Gasteiger partial charge < -0.3 is 14.8 Å². The van der Waals surface area contributed by atoms with Gasteiger partial charge in [0.25, 0.3) is 0 Å². The zero-order valence-corrected chi connectivity index (χ0v) is 16.3. The molecule has 0 aliphatic rings. The van der Waals surface area contributed by atoms with Crippen LogP contribution in [0.4, 0.5) is 0 Å². The Labute approximate surface area is 167 Å². The summed E-state index contributed by atoms with van der Waals surface area (Å²) in [6.45, 7) is 2.65. The Hall–Kier alpha value is -2.89. The number of hydrogen-bond acceptors (Lipinski definition) is 5. The molecule has 4 rings (SSSR count). The van der Waals surface area contributed by atoms with Gasteiger partial charge in [-0.15, -0.1) is 11.3 Å². The first-order valence-corrected chi connectivity index (χ1v) is 10.1. The molecule has 0 saturated carbocycles. The summed E-state index contributed by atoms with van der Waals surface area (Å²) in [5.41, 5.74) is 3.31. The van der Waals surface area contributed by atoms with Crippen molar-refractivity contribution in [3.63, 3.8) is 0 Å². The molecule has 5 heteroatoms. The van der Waals surface area contributed by atoms with Crippen LogP contribution >= 0.6 is 11.3 Å². The van der Waals surface area contributed by atoms with E-state index in [2.05, 4.69) is 48.0 Å². The van der Waals surface area contributed by atoms with E-state index < -0.39 is 5.63 Å². The summed E-state index contributed by atoms with van der Waals surface area (Å²) in [6.07, 6.45) is 1.01. The Kier molecular flexibility index (Phi) is 5.28. The lowest BCUT2D eigenvalue weighted by atomic mass is 10.0. The van der Waals surface area contributed by atoms with Crippen molar-refractivity contribution >= 4 is 22.3 Å². The van der Waals surface area contributed by atoms with E-state index in [0.717, 1.165) is 17.4 Å². The summed E-state index contributed by atoms with van der Waals surface area (Å²) < 4.78 is 5.23. The molecular formula is C23H21NO3S. The third kappa shape index (κ3) is 3.86. The lowest BCUT2D eigenvalue weighted by molar-refractivity contribution is 0.473. The predicted octanol–water partition coefficient (Wildman–Crippen LogP) is 5.00. The van der Waals surface area contributed by atoms with Gasteiger partial charge in [0.15, 0.2) is 0 Å². The molecule has 0 bridgehead atoms. The van der Waals surface area contributed by atoms with Crippen LogP contribution < -0.4 is 10.9 Å². The topological polar surface area (TPSA) is 62.5 Å². The fourth-order valence-electron chi connectivity index (χ4n) is 3.36. The van der Waals surface area contributed by atoms with Crippen LogP contribution in [0.5, 0.6) is 5.75 Å². The predicted molar refractivity (Wildman–Crippen MR) is 113 cm³/mol. The summed E-state index contributed by atoms with van der Waals surface area (Å²) in [4.78, 5) is 13.2. The second-order valence-corrected chi connectivity index (χ2v) is 7.67. The number of phenols is 1. The number of rotatable bonds is 6. The molecule has 2 N–H and O–H groups in total. The molecule has 0 radical (unpaired) electrons. The summed E-state index contributed by atoms with van der Waals surface area (Å²) in [5.74, 6) is 0.0771. The molecule has 1 atom stereocenters. The first-order valence-electron chi connectivity index (χ1n) is 9.25. The highest BCUT2D eigenvalue weighted by Crippen LogP contribution is 2.28. The number of nitrogens with one attached hydrogen (secondary N) is 1.